The van der Waals surface area contributed by atoms with E-state index in [-0.39, 0.29) is 12.1 Å². The Hall–Kier alpha value is -2.26. The number of aromatic nitrogens is 2. The van der Waals surface area contributed by atoms with Gasteiger partial charge in [-0.05, 0) is 59.0 Å². The van der Waals surface area contributed by atoms with E-state index >= 15 is 0 Å². The quantitative estimate of drug-likeness (QED) is 0.903. The van der Waals surface area contributed by atoms with E-state index in [2.05, 4.69) is 32.0 Å². The van der Waals surface area contributed by atoms with Crippen LogP contribution in [0, 0.1) is 25.2 Å². The van der Waals surface area contributed by atoms with Gasteiger partial charge in [0.2, 0.25) is 0 Å². The van der Waals surface area contributed by atoms with Crippen molar-refractivity contribution >= 4 is 21.9 Å². The summed E-state index contributed by atoms with van der Waals surface area (Å²) < 4.78 is 0.905. The molecular formula is C16H14BrN3O2. The summed E-state index contributed by atoms with van der Waals surface area (Å²) in [5, 5.41) is 18.0. The summed E-state index contributed by atoms with van der Waals surface area (Å²) in [6.07, 6.45) is 3.64. The molecular weight excluding hydrogens is 346 g/mol. The van der Waals surface area contributed by atoms with Crippen LogP contribution in [-0.4, -0.2) is 21.0 Å². The van der Waals surface area contributed by atoms with Crippen LogP contribution in [0.1, 0.15) is 28.8 Å². The highest BCUT2D eigenvalue weighted by Crippen LogP contribution is 2.29. The van der Waals surface area contributed by atoms with Gasteiger partial charge in [-0.2, -0.15) is 5.26 Å². The molecule has 2 heterocycles. The lowest BCUT2D eigenvalue weighted by Gasteiger charge is -2.11. The van der Waals surface area contributed by atoms with Gasteiger partial charge in [0.05, 0.1) is 5.69 Å². The van der Waals surface area contributed by atoms with Crippen LogP contribution >= 0.6 is 15.9 Å². The van der Waals surface area contributed by atoms with E-state index in [9.17, 15) is 10.1 Å². The van der Waals surface area contributed by atoms with Gasteiger partial charge in [-0.15, -0.1) is 0 Å². The molecule has 5 nitrogen and oxygen atoms in total. The lowest BCUT2D eigenvalue weighted by Crippen LogP contribution is -2.01. The summed E-state index contributed by atoms with van der Waals surface area (Å²) in [4.78, 5) is 19.2. The Morgan fingerprint density at radius 3 is 2.68 bits per heavy atom. The molecule has 2 aromatic rings. The smallest absolute Gasteiger partial charge is 0.303 e. The molecule has 2 rings (SSSR count). The molecule has 0 aliphatic rings. The summed E-state index contributed by atoms with van der Waals surface area (Å²) in [6, 6.07) is 3.87. The minimum atomic E-state index is -0.861. The standard InChI is InChI=1S/C16H14BrN3O2/c1-9-10(2)16(20-8-13(9)17)12-5-11(3-4-15(21)22)7-19-14(12)6-18/h5,7-8H,3-4H2,1-2H3,(H,21,22). The molecule has 0 saturated heterocycles. The van der Waals surface area contributed by atoms with E-state index in [0.29, 0.717) is 17.7 Å². The van der Waals surface area contributed by atoms with Crippen LogP contribution in [0.2, 0.25) is 0 Å². The molecule has 0 radical (unpaired) electrons. The van der Waals surface area contributed by atoms with Crippen LogP contribution in [0.3, 0.4) is 0 Å². The SMILES string of the molecule is Cc1c(Br)cnc(-c2cc(CCC(=O)O)cnc2C#N)c1C. The molecule has 0 unspecified atom stereocenters. The first-order chi connectivity index (χ1) is 10.4. The lowest BCUT2D eigenvalue weighted by atomic mass is 9.99. The Labute approximate surface area is 136 Å². The van der Waals surface area contributed by atoms with E-state index in [1.165, 1.54) is 0 Å². The van der Waals surface area contributed by atoms with Gasteiger partial charge in [0.1, 0.15) is 11.8 Å². The third-order valence-electron chi connectivity index (χ3n) is 3.52. The molecule has 0 bridgehead atoms. The first-order valence-electron chi connectivity index (χ1n) is 6.67. The fourth-order valence-corrected chi connectivity index (χ4v) is 2.51. The molecule has 112 valence electrons. The molecule has 0 fully saturated rings. The van der Waals surface area contributed by atoms with Crippen LogP contribution in [0.5, 0.6) is 0 Å². The second-order valence-electron chi connectivity index (χ2n) is 4.95. The van der Waals surface area contributed by atoms with Crippen molar-refractivity contribution in [2.75, 3.05) is 0 Å². The molecule has 6 heteroatoms. The minimum Gasteiger partial charge on any atom is -0.481 e. The molecule has 0 saturated carbocycles. The third kappa shape index (κ3) is 3.31. The number of carboxylic acids is 1. The highest BCUT2D eigenvalue weighted by molar-refractivity contribution is 9.10. The molecule has 0 aromatic carbocycles. The molecule has 0 amide bonds. The second kappa shape index (κ2) is 6.67. The van der Waals surface area contributed by atoms with E-state index < -0.39 is 5.97 Å². The van der Waals surface area contributed by atoms with Crippen molar-refractivity contribution in [2.45, 2.75) is 26.7 Å². The van der Waals surface area contributed by atoms with E-state index in [4.69, 9.17) is 5.11 Å². The number of aliphatic carboxylic acids is 1. The Kier molecular flexibility index (Phi) is 4.88. The second-order valence-corrected chi connectivity index (χ2v) is 5.80. The highest BCUT2D eigenvalue weighted by Gasteiger charge is 2.14. The van der Waals surface area contributed by atoms with Crippen molar-refractivity contribution < 1.29 is 9.90 Å². The van der Waals surface area contributed by atoms with E-state index in [0.717, 1.165) is 21.2 Å². The van der Waals surface area contributed by atoms with Gasteiger partial charge in [0.25, 0.3) is 0 Å². The van der Waals surface area contributed by atoms with Crippen LogP contribution in [0.4, 0.5) is 0 Å². The highest BCUT2D eigenvalue weighted by atomic mass is 79.9. The summed E-state index contributed by atoms with van der Waals surface area (Å²) >= 11 is 3.44. The maximum atomic E-state index is 10.7. The van der Waals surface area contributed by atoms with Crippen molar-refractivity contribution in [3.8, 4) is 17.3 Å². The average molecular weight is 360 g/mol. The molecule has 1 N–H and O–H groups in total. The zero-order valence-corrected chi connectivity index (χ0v) is 13.8. The van der Waals surface area contributed by atoms with Crippen molar-refractivity contribution in [3.05, 3.63) is 45.3 Å². The van der Waals surface area contributed by atoms with Crippen LogP contribution in [-0.2, 0) is 11.2 Å². The van der Waals surface area contributed by atoms with Gasteiger partial charge in [-0.1, -0.05) is 0 Å². The fraction of sp³-hybridized carbons (Fsp3) is 0.250. The Bertz CT molecular complexity index is 782. The summed E-state index contributed by atoms with van der Waals surface area (Å²) in [5.74, 6) is -0.861. The average Bonchev–Trinajstić information content (AvgIpc) is 2.50. The van der Waals surface area contributed by atoms with Gasteiger partial charge >= 0.3 is 5.97 Å². The van der Waals surface area contributed by atoms with Gasteiger partial charge < -0.3 is 5.11 Å². The number of aryl methyl sites for hydroxylation is 1. The van der Waals surface area contributed by atoms with Crippen molar-refractivity contribution in [1.82, 2.24) is 9.97 Å². The van der Waals surface area contributed by atoms with Crippen molar-refractivity contribution in [3.63, 3.8) is 0 Å². The molecule has 2 aromatic heterocycles. The van der Waals surface area contributed by atoms with Gasteiger partial charge in [0, 0.05) is 28.9 Å². The zero-order chi connectivity index (χ0) is 16.3. The van der Waals surface area contributed by atoms with Crippen LogP contribution in [0.25, 0.3) is 11.3 Å². The minimum absolute atomic E-state index is 0.0266. The van der Waals surface area contributed by atoms with Gasteiger partial charge in [0.15, 0.2) is 0 Å². The van der Waals surface area contributed by atoms with Crippen LogP contribution < -0.4 is 0 Å². The molecule has 0 spiro atoms. The number of carbonyl (C=O) groups is 1. The first-order valence-corrected chi connectivity index (χ1v) is 7.46. The Morgan fingerprint density at radius 2 is 2.05 bits per heavy atom. The zero-order valence-electron chi connectivity index (χ0n) is 12.2. The Morgan fingerprint density at radius 1 is 1.32 bits per heavy atom. The normalized spacial score (nSPS) is 10.3. The largest absolute Gasteiger partial charge is 0.481 e. The lowest BCUT2D eigenvalue weighted by molar-refractivity contribution is -0.136. The maximum Gasteiger partial charge on any atom is 0.303 e. The number of nitriles is 1. The number of nitrogens with zero attached hydrogens (tertiary/aromatic N) is 3. The topological polar surface area (TPSA) is 86.9 Å². The molecule has 0 aliphatic heterocycles. The predicted octanol–water partition coefficient (Wildman–Crippen LogP) is 3.41. The van der Waals surface area contributed by atoms with Crippen molar-refractivity contribution in [1.29, 1.82) is 5.26 Å². The summed E-state index contributed by atoms with van der Waals surface area (Å²) in [7, 11) is 0. The van der Waals surface area contributed by atoms with Crippen LogP contribution in [0.15, 0.2) is 22.9 Å². The van der Waals surface area contributed by atoms with Gasteiger partial charge in [-0.3, -0.25) is 9.78 Å². The number of carboxylic acid groups (broad SMARTS) is 1. The monoisotopic (exact) mass is 359 g/mol. The van der Waals surface area contributed by atoms with Gasteiger partial charge in [-0.25, -0.2) is 4.98 Å². The first kappa shape index (κ1) is 16.1. The summed E-state index contributed by atoms with van der Waals surface area (Å²) in [6.45, 7) is 3.91. The van der Waals surface area contributed by atoms with E-state index in [1.54, 1.807) is 18.5 Å². The molecule has 0 aliphatic carbocycles. The third-order valence-corrected chi connectivity index (χ3v) is 4.32. The number of halogens is 1. The maximum absolute atomic E-state index is 10.7. The number of pyridine rings is 2. The number of rotatable bonds is 4. The molecule has 22 heavy (non-hydrogen) atoms. The Balaban J connectivity index is 2.53. The number of hydrogen-bond acceptors (Lipinski definition) is 4. The van der Waals surface area contributed by atoms with Crippen molar-refractivity contribution in [2.24, 2.45) is 0 Å². The predicted molar refractivity (Wildman–Crippen MR) is 85.3 cm³/mol. The summed E-state index contributed by atoms with van der Waals surface area (Å²) in [5.41, 5.74) is 4.41. The number of hydrogen-bond donors (Lipinski definition) is 1. The fourth-order valence-electron chi connectivity index (χ4n) is 2.11. The van der Waals surface area contributed by atoms with E-state index in [1.807, 2.05) is 13.8 Å². The molecule has 0 atom stereocenters.